The molecule has 142 valence electrons. The number of amides is 2. The highest BCUT2D eigenvalue weighted by Gasteiger charge is 2.29. The number of carbonyl (C=O) groups excluding carboxylic acids is 2. The van der Waals surface area contributed by atoms with Gasteiger partial charge in [-0.15, -0.1) is 0 Å². The molecule has 24 heavy (non-hydrogen) atoms. The molecule has 0 aliphatic heterocycles. The van der Waals surface area contributed by atoms with E-state index in [-0.39, 0.29) is 11.8 Å². The summed E-state index contributed by atoms with van der Waals surface area (Å²) in [6, 6.07) is 0. The second-order valence-electron chi connectivity index (χ2n) is 4.28. The molecular formula is C12H26N4O8. The second kappa shape index (κ2) is 17.1. The highest BCUT2D eigenvalue weighted by atomic mass is 16.4. The first kappa shape index (κ1) is 26.6. The van der Waals surface area contributed by atoms with Crippen molar-refractivity contribution in [2.75, 3.05) is 13.1 Å². The number of carboxylic acid groups (broad SMARTS) is 2. The van der Waals surface area contributed by atoms with Crippen LogP contribution in [0.25, 0.3) is 0 Å². The maximum atomic E-state index is 9.92. The molecule has 12 heteroatoms. The smallest absolute Gasteiger partial charge is 0.335 e. The number of hydrogen-bond donors (Lipinski definition) is 8. The molecule has 0 heterocycles. The SMILES string of the molecule is NCCCC(N)=O.NCCCC(N)=O.O=C(O)C(O)C(O)C(=O)O. The molecule has 12 N–H and O–H groups in total. The van der Waals surface area contributed by atoms with Crippen LogP contribution in [0.15, 0.2) is 0 Å². The quantitative estimate of drug-likeness (QED) is 0.201. The normalized spacial score (nSPS) is 11.7. The Kier molecular flexibility index (Phi) is 18.9. The van der Waals surface area contributed by atoms with Crippen molar-refractivity contribution in [1.29, 1.82) is 0 Å². The lowest BCUT2D eigenvalue weighted by Crippen LogP contribution is -2.39. The van der Waals surface area contributed by atoms with Gasteiger partial charge in [0.05, 0.1) is 0 Å². The molecule has 0 radical (unpaired) electrons. The first-order valence-electron chi connectivity index (χ1n) is 6.79. The maximum absolute atomic E-state index is 9.92. The average molecular weight is 354 g/mol. The molecule has 0 saturated heterocycles. The third-order valence-electron chi connectivity index (χ3n) is 2.06. The summed E-state index contributed by atoms with van der Waals surface area (Å²) in [7, 11) is 0. The molecule has 0 aromatic rings. The van der Waals surface area contributed by atoms with E-state index in [0.29, 0.717) is 38.8 Å². The van der Waals surface area contributed by atoms with Crippen LogP contribution in [0.4, 0.5) is 0 Å². The van der Waals surface area contributed by atoms with E-state index in [1.54, 1.807) is 0 Å². The number of aliphatic hydroxyl groups excluding tert-OH is 2. The van der Waals surface area contributed by atoms with Crippen LogP contribution < -0.4 is 22.9 Å². The summed E-state index contributed by atoms with van der Waals surface area (Å²) in [6.07, 6.45) is -2.30. The standard InChI is InChI=1S/2C4H10N2O.C4H6O6/c2*5-3-1-2-4(6)7;5-1(3(7)8)2(6)4(9)10/h2*1-3,5H2,(H2,6,7);1-2,5-6H,(H,7,8)(H,9,10). The number of aliphatic hydroxyl groups is 2. The fourth-order valence-electron chi connectivity index (χ4n) is 0.823. The summed E-state index contributed by atoms with van der Waals surface area (Å²) in [5.74, 6) is -4.08. The van der Waals surface area contributed by atoms with Crippen molar-refractivity contribution in [1.82, 2.24) is 0 Å². The number of carboxylic acids is 2. The Morgan fingerprint density at radius 3 is 1.04 bits per heavy atom. The summed E-state index contributed by atoms with van der Waals surface area (Å²) < 4.78 is 0. The van der Waals surface area contributed by atoms with E-state index in [4.69, 9.17) is 43.4 Å². The molecule has 0 rings (SSSR count). The molecule has 0 bridgehead atoms. The zero-order valence-corrected chi connectivity index (χ0v) is 13.1. The van der Waals surface area contributed by atoms with Crippen molar-refractivity contribution >= 4 is 23.8 Å². The van der Waals surface area contributed by atoms with Crippen LogP contribution in [-0.2, 0) is 19.2 Å². The summed E-state index contributed by atoms with van der Waals surface area (Å²) in [5.41, 5.74) is 19.7. The minimum absolute atomic E-state index is 0.273. The summed E-state index contributed by atoms with van der Waals surface area (Å²) in [6.45, 7) is 1.09. The Morgan fingerprint density at radius 2 is 0.958 bits per heavy atom. The van der Waals surface area contributed by atoms with Gasteiger partial charge >= 0.3 is 11.9 Å². The maximum Gasteiger partial charge on any atom is 0.335 e. The van der Waals surface area contributed by atoms with Crippen molar-refractivity contribution in [2.24, 2.45) is 22.9 Å². The molecule has 2 atom stereocenters. The highest BCUT2D eigenvalue weighted by Crippen LogP contribution is 1.92. The summed E-state index contributed by atoms with van der Waals surface area (Å²) in [5, 5.41) is 32.5. The first-order valence-corrected chi connectivity index (χ1v) is 6.79. The fourth-order valence-corrected chi connectivity index (χ4v) is 0.823. The van der Waals surface area contributed by atoms with E-state index < -0.39 is 24.1 Å². The van der Waals surface area contributed by atoms with Crippen molar-refractivity contribution in [3.8, 4) is 0 Å². The second-order valence-corrected chi connectivity index (χ2v) is 4.28. The molecule has 2 unspecified atom stereocenters. The van der Waals surface area contributed by atoms with Gasteiger partial charge in [-0.1, -0.05) is 0 Å². The van der Waals surface area contributed by atoms with Gasteiger partial charge in [0.1, 0.15) is 0 Å². The van der Waals surface area contributed by atoms with Crippen molar-refractivity contribution < 1.29 is 39.6 Å². The zero-order valence-electron chi connectivity index (χ0n) is 13.1. The number of primary amides is 2. The van der Waals surface area contributed by atoms with Crippen LogP contribution in [-0.4, -0.2) is 69.5 Å². The van der Waals surface area contributed by atoms with E-state index in [1.807, 2.05) is 0 Å². The average Bonchev–Trinajstić information content (AvgIpc) is 2.50. The van der Waals surface area contributed by atoms with Crippen molar-refractivity contribution in [3.63, 3.8) is 0 Å². The van der Waals surface area contributed by atoms with Gasteiger partial charge in [-0.05, 0) is 25.9 Å². The molecular weight excluding hydrogens is 328 g/mol. The van der Waals surface area contributed by atoms with E-state index in [9.17, 15) is 19.2 Å². The van der Waals surface area contributed by atoms with Crippen LogP contribution >= 0.6 is 0 Å². The van der Waals surface area contributed by atoms with Crippen LogP contribution in [0.2, 0.25) is 0 Å². The summed E-state index contributed by atoms with van der Waals surface area (Å²) >= 11 is 0. The Morgan fingerprint density at radius 1 is 0.708 bits per heavy atom. The van der Waals surface area contributed by atoms with E-state index in [0.717, 1.165) is 0 Å². The number of carbonyl (C=O) groups is 4. The lowest BCUT2D eigenvalue weighted by molar-refractivity contribution is -0.165. The number of aliphatic carboxylic acids is 2. The predicted molar refractivity (Wildman–Crippen MR) is 82.3 cm³/mol. The van der Waals surface area contributed by atoms with E-state index in [2.05, 4.69) is 0 Å². The summed E-state index contributed by atoms with van der Waals surface area (Å²) in [4.78, 5) is 39.4. The van der Waals surface area contributed by atoms with Gasteiger partial charge in [-0.2, -0.15) is 0 Å². The van der Waals surface area contributed by atoms with Crippen LogP contribution in [0.1, 0.15) is 25.7 Å². The number of nitrogens with two attached hydrogens (primary N) is 4. The van der Waals surface area contributed by atoms with Gasteiger partial charge in [-0.3, -0.25) is 9.59 Å². The van der Waals surface area contributed by atoms with Gasteiger partial charge < -0.3 is 43.4 Å². The fraction of sp³-hybridized carbons (Fsp3) is 0.667. The molecule has 0 saturated carbocycles. The van der Waals surface area contributed by atoms with Gasteiger partial charge in [0, 0.05) is 12.8 Å². The van der Waals surface area contributed by atoms with Gasteiger partial charge in [-0.25, -0.2) is 9.59 Å². The minimum atomic E-state index is -2.27. The lowest BCUT2D eigenvalue weighted by atomic mass is 10.2. The molecule has 0 spiro atoms. The third-order valence-corrected chi connectivity index (χ3v) is 2.06. The van der Waals surface area contributed by atoms with Gasteiger partial charge in [0.25, 0.3) is 0 Å². The molecule has 0 aromatic heterocycles. The third kappa shape index (κ3) is 22.0. The topological polar surface area (TPSA) is 253 Å². The van der Waals surface area contributed by atoms with E-state index in [1.165, 1.54) is 0 Å². The molecule has 0 fully saturated rings. The predicted octanol–water partition coefficient (Wildman–Crippen LogP) is -3.70. The van der Waals surface area contributed by atoms with Gasteiger partial charge in [0.2, 0.25) is 11.8 Å². The minimum Gasteiger partial charge on any atom is -0.479 e. The Hall–Kier alpha value is -2.28. The lowest BCUT2D eigenvalue weighted by Gasteiger charge is -2.07. The number of hydrogen-bond acceptors (Lipinski definition) is 8. The monoisotopic (exact) mass is 354 g/mol. The first-order chi connectivity index (χ1) is 11.0. The molecule has 0 aliphatic rings. The Balaban J connectivity index is -0.000000283. The van der Waals surface area contributed by atoms with Crippen LogP contribution in [0, 0.1) is 0 Å². The molecule has 2 amide bonds. The highest BCUT2D eigenvalue weighted by molar-refractivity contribution is 5.83. The largest absolute Gasteiger partial charge is 0.479 e. The zero-order chi connectivity index (χ0) is 19.7. The Labute approximate surface area is 138 Å². The van der Waals surface area contributed by atoms with Crippen LogP contribution in [0.5, 0.6) is 0 Å². The molecule has 0 aromatic carbocycles. The molecule has 0 aliphatic carbocycles. The van der Waals surface area contributed by atoms with Crippen LogP contribution in [0.3, 0.4) is 0 Å². The van der Waals surface area contributed by atoms with E-state index >= 15 is 0 Å². The van der Waals surface area contributed by atoms with Crippen molar-refractivity contribution in [2.45, 2.75) is 37.9 Å². The number of rotatable bonds is 9. The van der Waals surface area contributed by atoms with Gasteiger partial charge in [0.15, 0.2) is 12.2 Å². The Bertz CT molecular complexity index is 355. The molecule has 12 nitrogen and oxygen atoms in total. The van der Waals surface area contributed by atoms with Crippen molar-refractivity contribution in [3.05, 3.63) is 0 Å².